The molecule has 1 aliphatic carbocycles. The van der Waals surface area contributed by atoms with Gasteiger partial charge in [0.05, 0.1) is 10.6 Å². The molecule has 1 amide bonds. The lowest BCUT2D eigenvalue weighted by molar-refractivity contribution is 0.0523. The Morgan fingerprint density at radius 2 is 1.67 bits per heavy atom. The van der Waals surface area contributed by atoms with Crippen molar-refractivity contribution in [2.45, 2.75) is 38.1 Å². The minimum atomic E-state index is 0.0731. The van der Waals surface area contributed by atoms with Gasteiger partial charge in [-0.2, -0.15) is 0 Å². The van der Waals surface area contributed by atoms with Crippen LogP contribution in [0.2, 0.25) is 5.02 Å². The van der Waals surface area contributed by atoms with Gasteiger partial charge in [0, 0.05) is 32.2 Å². The van der Waals surface area contributed by atoms with Gasteiger partial charge in [0.25, 0.3) is 5.91 Å². The van der Waals surface area contributed by atoms with Crippen LogP contribution in [0.5, 0.6) is 0 Å². The molecular formula is C17H23ClN2O. The summed E-state index contributed by atoms with van der Waals surface area (Å²) in [5.74, 6) is 0.0731. The Balaban J connectivity index is 1.58. The van der Waals surface area contributed by atoms with Crippen molar-refractivity contribution in [2.75, 3.05) is 26.2 Å². The second kappa shape index (κ2) is 6.80. The molecule has 3 rings (SSSR count). The average Bonchev–Trinajstić information content (AvgIpc) is 2.56. The van der Waals surface area contributed by atoms with E-state index >= 15 is 0 Å². The van der Waals surface area contributed by atoms with Crippen LogP contribution in [0, 0.1) is 0 Å². The van der Waals surface area contributed by atoms with Crippen LogP contribution in [-0.2, 0) is 0 Å². The fourth-order valence-corrected chi connectivity index (χ4v) is 3.76. The molecule has 3 nitrogen and oxygen atoms in total. The van der Waals surface area contributed by atoms with Crippen LogP contribution in [0.4, 0.5) is 0 Å². The lowest BCUT2D eigenvalue weighted by Crippen LogP contribution is -2.52. The second-order valence-corrected chi connectivity index (χ2v) is 6.51. The predicted octanol–water partition coefficient (Wildman–Crippen LogP) is 3.43. The van der Waals surface area contributed by atoms with E-state index in [-0.39, 0.29) is 5.91 Å². The fourth-order valence-electron chi connectivity index (χ4n) is 3.54. The number of nitrogens with zero attached hydrogens (tertiary/aromatic N) is 2. The molecule has 114 valence electrons. The second-order valence-electron chi connectivity index (χ2n) is 6.10. The zero-order chi connectivity index (χ0) is 14.7. The van der Waals surface area contributed by atoms with Gasteiger partial charge >= 0.3 is 0 Å². The summed E-state index contributed by atoms with van der Waals surface area (Å²) in [7, 11) is 0. The van der Waals surface area contributed by atoms with Gasteiger partial charge < -0.3 is 4.90 Å². The first-order chi connectivity index (χ1) is 10.3. The van der Waals surface area contributed by atoms with Crippen LogP contribution in [0.3, 0.4) is 0 Å². The molecule has 1 saturated heterocycles. The Morgan fingerprint density at radius 1 is 1.00 bits per heavy atom. The lowest BCUT2D eigenvalue weighted by Gasteiger charge is -2.40. The van der Waals surface area contributed by atoms with E-state index in [0.717, 1.165) is 32.2 Å². The molecule has 2 fully saturated rings. The third kappa shape index (κ3) is 3.41. The monoisotopic (exact) mass is 306 g/mol. The van der Waals surface area contributed by atoms with Crippen molar-refractivity contribution < 1.29 is 4.79 Å². The number of piperazine rings is 1. The van der Waals surface area contributed by atoms with Crippen molar-refractivity contribution in [1.82, 2.24) is 9.80 Å². The summed E-state index contributed by atoms with van der Waals surface area (Å²) >= 11 is 6.13. The van der Waals surface area contributed by atoms with E-state index < -0.39 is 0 Å². The van der Waals surface area contributed by atoms with E-state index in [1.807, 2.05) is 23.1 Å². The predicted molar refractivity (Wildman–Crippen MR) is 85.8 cm³/mol. The van der Waals surface area contributed by atoms with Crippen LogP contribution >= 0.6 is 11.6 Å². The van der Waals surface area contributed by atoms with E-state index in [1.54, 1.807) is 6.07 Å². The molecule has 21 heavy (non-hydrogen) atoms. The highest BCUT2D eigenvalue weighted by molar-refractivity contribution is 6.33. The summed E-state index contributed by atoms with van der Waals surface area (Å²) in [5.41, 5.74) is 0.630. The van der Waals surface area contributed by atoms with Crippen molar-refractivity contribution in [3.05, 3.63) is 34.9 Å². The Labute approximate surface area is 131 Å². The minimum absolute atomic E-state index is 0.0731. The van der Waals surface area contributed by atoms with E-state index in [4.69, 9.17) is 11.6 Å². The Bertz CT molecular complexity index is 491. The van der Waals surface area contributed by atoms with Crippen molar-refractivity contribution in [1.29, 1.82) is 0 Å². The van der Waals surface area contributed by atoms with Crippen LogP contribution in [0.25, 0.3) is 0 Å². The molecule has 0 radical (unpaired) electrons. The van der Waals surface area contributed by atoms with Gasteiger partial charge in [-0.15, -0.1) is 0 Å². The standard InChI is InChI=1S/C17H23ClN2O/c18-16-9-5-4-8-15(16)17(21)20-12-10-19(11-13-20)14-6-2-1-3-7-14/h4-5,8-9,14H,1-3,6-7,10-13H2. The summed E-state index contributed by atoms with van der Waals surface area (Å²) in [6.07, 6.45) is 6.78. The molecule has 4 heteroatoms. The number of hydrogen-bond acceptors (Lipinski definition) is 2. The average molecular weight is 307 g/mol. The van der Waals surface area contributed by atoms with Crippen molar-refractivity contribution >= 4 is 17.5 Å². The molecule has 1 aliphatic heterocycles. The number of rotatable bonds is 2. The first-order valence-corrected chi connectivity index (χ1v) is 8.41. The largest absolute Gasteiger partial charge is 0.336 e. The molecule has 1 aromatic carbocycles. The van der Waals surface area contributed by atoms with E-state index in [9.17, 15) is 4.79 Å². The third-order valence-corrected chi connectivity index (χ3v) is 5.13. The number of carbonyl (C=O) groups is 1. The Hall–Kier alpha value is -1.06. The molecule has 0 atom stereocenters. The van der Waals surface area contributed by atoms with Crippen molar-refractivity contribution in [2.24, 2.45) is 0 Å². The minimum Gasteiger partial charge on any atom is -0.336 e. The van der Waals surface area contributed by atoms with Gasteiger partial charge in [-0.05, 0) is 25.0 Å². The smallest absolute Gasteiger partial charge is 0.255 e. The number of hydrogen-bond donors (Lipinski definition) is 0. The highest BCUT2D eigenvalue weighted by Crippen LogP contribution is 2.24. The van der Waals surface area contributed by atoms with Crippen LogP contribution in [-0.4, -0.2) is 47.9 Å². The quantitative estimate of drug-likeness (QED) is 0.836. The normalized spacial score (nSPS) is 21.5. The fraction of sp³-hybridized carbons (Fsp3) is 0.588. The maximum absolute atomic E-state index is 12.5. The third-order valence-electron chi connectivity index (χ3n) is 4.80. The first kappa shape index (κ1) is 14.9. The molecule has 1 saturated carbocycles. The summed E-state index contributed by atoms with van der Waals surface area (Å²) < 4.78 is 0. The molecule has 0 spiro atoms. The highest BCUT2D eigenvalue weighted by atomic mass is 35.5. The molecule has 0 bridgehead atoms. The zero-order valence-corrected chi connectivity index (χ0v) is 13.2. The lowest BCUT2D eigenvalue weighted by atomic mass is 9.94. The van der Waals surface area contributed by atoms with Crippen LogP contribution in [0.15, 0.2) is 24.3 Å². The van der Waals surface area contributed by atoms with E-state index in [1.165, 1.54) is 32.1 Å². The molecule has 2 aliphatic rings. The van der Waals surface area contributed by atoms with Crippen molar-refractivity contribution in [3.63, 3.8) is 0 Å². The van der Waals surface area contributed by atoms with Crippen molar-refractivity contribution in [3.8, 4) is 0 Å². The van der Waals surface area contributed by atoms with Gasteiger partial charge in [0.1, 0.15) is 0 Å². The first-order valence-electron chi connectivity index (χ1n) is 8.03. The Kier molecular flexibility index (Phi) is 4.81. The summed E-state index contributed by atoms with van der Waals surface area (Å²) in [5, 5.41) is 0.553. The number of amides is 1. The van der Waals surface area contributed by atoms with E-state index in [0.29, 0.717) is 10.6 Å². The SMILES string of the molecule is O=C(c1ccccc1Cl)N1CCN(C2CCCCC2)CC1. The van der Waals surface area contributed by atoms with Gasteiger partial charge in [-0.3, -0.25) is 9.69 Å². The molecule has 0 aromatic heterocycles. The topological polar surface area (TPSA) is 23.6 Å². The summed E-state index contributed by atoms with van der Waals surface area (Å²) in [6.45, 7) is 3.64. The molecule has 1 aromatic rings. The number of carbonyl (C=O) groups excluding carboxylic acids is 1. The molecule has 0 N–H and O–H groups in total. The molecule has 0 unspecified atom stereocenters. The van der Waals surface area contributed by atoms with Gasteiger partial charge in [-0.1, -0.05) is 43.0 Å². The van der Waals surface area contributed by atoms with Crippen LogP contribution in [0.1, 0.15) is 42.5 Å². The van der Waals surface area contributed by atoms with Crippen LogP contribution < -0.4 is 0 Å². The van der Waals surface area contributed by atoms with Gasteiger partial charge in [-0.25, -0.2) is 0 Å². The number of halogens is 1. The Morgan fingerprint density at radius 3 is 2.33 bits per heavy atom. The summed E-state index contributed by atoms with van der Waals surface area (Å²) in [6, 6.07) is 8.08. The van der Waals surface area contributed by atoms with E-state index in [2.05, 4.69) is 4.90 Å². The summed E-state index contributed by atoms with van der Waals surface area (Å²) in [4.78, 5) is 17.1. The maximum Gasteiger partial charge on any atom is 0.255 e. The highest BCUT2D eigenvalue weighted by Gasteiger charge is 2.27. The zero-order valence-electron chi connectivity index (χ0n) is 12.4. The van der Waals surface area contributed by atoms with Gasteiger partial charge in [0.2, 0.25) is 0 Å². The molecular weight excluding hydrogens is 284 g/mol. The number of benzene rings is 1. The van der Waals surface area contributed by atoms with Gasteiger partial charge in [0.15, 0.2) is 0 Å². The molecule has 1 heterocycles. The maximum atomic E-state index is 12.5.